The maximum atomic E-state index is 11.7. The lowest BCUT2D eigenvalue weighted by atomic mass is 10.0. The Hall–Kier alpha value is -3.71. The van der Waals surface area contributed by atoms with E-state index in [1.807, 2.05) is 62.4 Å². The van der Waals surface area contributed by atoms with Crippen molar-refractivity contribution >= 4 is 23.1 Å². The fourth-order valence-electron chi connectivity index (χ4n) is 4.24. The quantitative estimate of drug-likeness (QED) is 0.141. The van der Waals surface area contributed by atoms with Crippen LogP contribution >= 0.6 is 11.3 Å². The average molecular weight is 532 g/mol. The third-order valence-corrected chi connectivity index (χ3v) is 7.57. The van der Waals surface area contributed by atoms with Gasteiger partial charge in [0.05, 0.1) is 23.8 Å². The van der Waals surface area contributed by atoms with Gasteiger partial charge < -0.3 is 13.9 Å². The van der Waals surface area contributed by atoms with Crippen LogP contribution in [0.3, 0.4) is 0 Å². The first-order chi connectivity index (χ1) is 18.4. The summed E-state index contributed by atoms with van der Waals surface area (Å²) in [5.74, 6) is 2.08. The Morgan fingerprint density at radius 1 is 0.947 bits per heavy atom. The van der Waals surface area contributed by atoms with Crippen molar-refractivity contribution in [3.05, 3.63) is 82.1 Å². The van der Waals surface area contributed by atoms with E-state index in [0.29, 0.717) is 38.4 Å². The van der Waals surface area contributed by atoms with Crippen LogP contribution in [0, 0.1) is 6.92 Å². The van der Waals surface area contributed by atoms with Crippen LogP contribution in [0.25, 0.3) is 21.9 Å². The molecule has 0 aliphatic rings. The largest absolute Gasteiger partial charge is 0.493 e. The molecule has 0 spiro atoms. The van der Waals surface area contributed by atoms with Crippen LogP contribution in [0.15, 0.2) is 59.0 Å². The Labute approximate surface area is 227 Å². The molecule has 0 atom stereocenters. The third kappa shape index (κ3) is 6.78. The molecule has 4 rings (SSSR count). The summed E-state index contributed by atoms with van der Waals surface area (Å²) < 4.78 is 17.0. The van der Waals surface area contributed by atoms with Gasteiger partial charge in [0.1, 0.15) is 11.5 Å². The van der Waals surface area contributed by atoms with Crippen LogP contribution in [0.1, 0.15) is 59.4 Å². The zero-order chi connectivity index (χ0) is 27.1. The maximum Gasteiger partial charge on any atom is 0.306 e. The number of thiophene rings is 1. The normalized spacial score (nSPS) is 10.9. The Morgan fingerprint density at radius 3 is 2.39 bits per heavy atom. The second-order valence-electron chi connectivity index (χ2n) is 9.01. The van der Waals surface area contributed by atoms with Gasteiger partial charge in [-0.05, 0) is 86.7 Å². The highest BCUT2D eigenvalue weighted by Crippen LogP contribution is 2.31. The Kier molecular flexibility index (Phi) is 9.13. The number of oxazole rings is 1. The van der Waals surface area contributed by atoms with Gasteiger partial charge in [0, 0.05) is 23.3 Å². The minimum Gasteiger partial charge on any atom is -0.493 e. The standard InChI is InChI=1S/C31H33NO5S/c1-5-22-19-26(13-11-23(22)12-16-30(34)35-6-2)36-18-17-27-21(4)37-31(32-27)25-9-7-24(8-10-25)29-15-14-28(38-29)20(3)33/h7-11,13-15,19H,5-6,12,16-18H2,1-4H3. The molecule has 0 N–H and O–H groups in total. The molecule has 0 unspecified atom stereocenters. The molecule has 2 aromatic carbocycles. The van der Waals surface area contributed by atoms with Crippen LogP contribution in [0.5, 0.6) is 5.75 Å². The number of ether oxygens (including phenoxy) is 2. The first kappa shape index (κ1) is 27.3. The molecular weight excluding hydrogens is 498 g/mol. The maximum absolute atomic E-state index is 11.7. The molecule has 2 heterocycles. The molecule has 6 nitrogen and oxygen atoms in total. The van der Waals surface area contributed by atoms with Crippen molar-refractivity contribution in [2.75, 3.05) is 13.2 Å². The summed E-state index contributed by atoms with van der Waals surface area (Å²) in [4.78, 5) is 29.8. The van der Waals surface area contributed by atoms with Crippen molar-refractivity contribution in [2.24, 2.45) is 0 Å². The van der Waals surface area contributed by atoms with Gasteiger partial charge in [-0.15, -0.1) is 11.3 Å². The fraction of sp³-hybridized carbons (Fsp3) is 0.323. The van der Waals surface area contributed by atoms with Crippen molar-refractivity contribution < 1.29 is 23.5 Å². The predicted octanol–water partition coefficient (Wildman–Crippen LogP) is 7.26. The number of aryl methyl sites for hydroxylation is 3. The van der Waals surface area contributed by atoms with Crippen molar-refractivity contribution in [3.8, 4) is 27.6 Å². The van der Waals surface area contributed by atoms with E-state index >= 15 is 0 Å². The molecule has 2 aromatic heterocycles. The highest BCUT2D eigenvalue weighted by Gasteiger charge is 2.13. The highest BCUT2D eigenvalue weighted by atomic mass is 32.1. The molecule has 198 valence electrons. The van der Waals surface area contributed by atoms with Gasteiger partial charge in [0.25, 0.3) is 0 Å². The number of rotatable bonds is 12. The van der Waals surface area contributed by atoms with E-state index in [-0.39, 0.29) is 11.8 Å². The Morgan fingerprint density at radius 2 is 1.71 bits per heavy atom. The summed E-state index contributed by atoms with van der Waals surface area (Å²) in [5, 5.41) is 0. The van der Waals surface area contributed by atoms with Gasteiger partial charge in [-0.3, -0.25) is 9.59 Å². The lowest BCUT2D eigenvalue weighted by Gasteiger charge is -2.11. The molecule has 0 amide bonds. The number of carbonyl (C=O) groups is 2. The van der Waals surface area contributed by atoms with Gasteiger partial charge in [0.15, 0.2) is 5.78 Å². The zero-order valence-electron chi connectivity index (χ0n) is 22.3. The number of Topliss-reactive ketones (excluding diaryl/α,β-unsaturated/α-hetero) is 1. The monoisotopic (exact) mass is 531 g/mol. The van der Waals surface area contributed by atoms with Crippen molar-refractivity contribution in [1.29, 1.82) is 0 Å². The summed E-state index contributed by atoms with van der Waals surface area (Å²) >= 11 is 1.50. The lowest BCUT2D eigenvalue weighted by Crippen LogP contribution is -2.07. The Bertz CT molecular complexity index is 1400. The summed E-state index contributed by atoms with van der Waals surface area (Å²) in [7, 11) is 0. The number of esters is 1. The fourth-order valence-corrected chi connectivity index (χ4v) is 5.15. The summed E-state index contributed by atoms with van der Waals surface area (Å²) in [6, 6.07) is 17.9. The SMILES string of the molecule is CCOC(=O)CCc1ccc(OCCc2nc(-c3ccc(-c4ccc(C(C)=O)s4)cc3)oc2C)cc1CC. The minimum absolute atomic E-state index is 0.0819. The zero-order valence-corrected chi connectivity index (χ0v) is 23.2. The third-order valence-electron chi connectivity index (χ3n) is 6.33. The van der Waals surface area contributed by atoms with E-state index < -0.39 is 0 Å². The van der Waals surface area contributed by atoms with Crippen LogP contribution in [-0.2, 0) is 28.8 Å². The van der Waals surface area contributed by atoms with Crippen LogP contribution in [-0.4, -0.2) is 30.0 Å². The molecule has 0 aliphatic heterocycles. The molecule has 0 saturated carbocycles. The van der Waals surface area contributed by atoms with Crippen LogP contribution in [0.2, 0.25) is 0 Å². The molecular formula is C31H33NO5S. The molecule has 7 heteroatoms. The topological polar surface area (TPSA) is 78.6 Å². The number of hydrogen-bond donors (Lipinski definition) is 0. The summed E-state index contributed by atoms with van der Waals surface area (Å²) in [6.07, 6.45) is 2.54. The van der Waals surface area contributed by atoms with Gasteiger partial charge in [-0.25, -0.2) is 4.98 Å². The number of hydrogen-bond acceptors (Lipinski definition) is 7. The second-order valence-corrected chi connectivity index (χ2v) is 10.1. The number of nitrogens with zero attached hydrogens (tertiary/aromatic N) is 1. The lowest BCUT2D eigenvalue weighted by molar-refractivity contribution is -0.143. The van der Waals surface area contributed by atoms with E-state index in [9.17, 15) is 9.59 Å². The minimum atomic E-state index is -0.168. The average Bonchev–Trinajstić information content (AvgIpc) is 3.56. The first-order valence-electron chi connectivity index (χ1n) is 13.0. The number of ketones is 1. The molecule has 0 fully saturated rings. The Balaban J connectivity index is 1.35. The van der Waals surface area contributed by atoms with E-state index in [1.54, 1.807) is 6.92 Å². The number of benzene rings is 2. The van der Waals surface area contributed by atoms with Crippen molar-refractivity contribution in [3.63, 3.8) is 0 Å². The summed E-state index contributed by atoms with van der Waals surface area (Å²) in [5.41, 5.74) is 5.15. The van der Waals surface area contributed by atoms with E-state index in [1.165, 1.54) is 16.9 Å². The first-order valence-corrected chi connectivity index (χ1v) is 13.8. The predicted molar refractivity (Wildman–Crippen MR) is 150 cm³/mol. The smallest absolute Gasteiger partial charge is 0.306 e. The number of aromatic nitrogens is 1. The van der Waals surface area contributed by atoms with E-state index in [2.05, 4.69) is 13.0 Å². The molecule has 4 aromatic rings. The second kappa shape index (κ2) is 12.7. The van der Waals surface area contributed by atoms with Crippen LogP contribution in [0.4, 0.5) is 0 Å². The van der Waals surface area contributed by atoms with Gasteiger partial charge in [-0.2, -0.15) is 0 Å². The van der Waals surface area contributed by atoms with Crippen molar-refractivity contribution in [1.82, 2.24) is 4.98 Å². The van der Waals surface area contributed by atoms with Gasteiger partial charge in [-0.1, -0.05) is 25.1 Å². The molecule has 38 heavy (non-hydrogen) atoms. The van der Waals surface area contributed by atoms with E-state index in [4.69, 9.17) is 18.9 Å². The van der Waals surface area contributed by atoms with Gasteiger partial charge in [0.2, 0.25) is 5.89 Å². The molecule has 0 aliphatic carbocycles. The highest BCUT2D eigenvalue weighted by molar-refractivity contribution is 7.17. The van der Waals surface area contributed by atoms with Gasteiger partial charge >= 0.3 is 5.97 Å². The number of carbonyl (C=O) groups excluding carboxylic acids is 2. The molecule has 0 saturated heterocycles. The van der Waals surface area contributed by atoms with Crippen molar-refractivity contribution in [2.45, 2.75) is 53.4 Å². The molecule has 0 radical (unpaired) electrons. The van der Waals surface area contributed by atoms with E-state index in [0.717, 1.165) is 50.1 Å². The molecule has 0 bridgehead atoms. The van der Waals surface area contributed by atoms with Crippen LogP contribution < -0.4 is 4.74 Å². The summed E-state index contributed by atoms with van der Waals surface area (Å²) in [6.45, 7) is 8.31.